The van der Waals surface area contributed by atoms with Gasteiger partial charge in [-0.05, 0) is 12.2 Å². The Morgan fingerprint density at radius 3 is 2.37 bits per heavy atom. The lowest BCUT2D eigenvalue weighted by Crippen LogP contribution is -2.39. The number of H-pyrrole nitrogens is 2. The Morgan fingerprint density at radius 1 is 1.42 bits per heavy atom. The van der Waals surface area contributed by atoms with Crippen LogP contribution < -0.4 is 5.56 Å². The van der Waals surface area contributed by atoms with Crippen LogP contribution in [0.15, 0.2) is 11.0 Å². The van der Waals surface area contributed by atoms with Crippen molar-refractivity contribution in [2.45, 2.75) is 26.6 Å². The van der Waals surface area contributed by atoms with Crippen LogP contribution in [0.25, 0.3) is 0 Å². The molecule has 9 heteroatoms. The van der Waals surface area contributed by atoms with Crippen LogP contribution in [0.1, 0.15) is 19.4 Å². The van der Waals surface area contributed by atoms with E-state index in [-0.39, 0.29) is 10.3 Å². The molecule has 0 radical (unpaired) electrons. The Bertz CT molecular complexity index is 536. The molecule has 19 heavy (non-hydrogen) atoms. The van der Waals surface area contributed by atoms with Gasteiger partial charge in [-0.3, -0.25) is 14.6 Å². The first-order valence-electron chi connectivity index (χ1n) is 5.35. The highest BCUT2D eigenvalue weighted by Gasteiger charge is 2.41. The summed E-state index contributed by atoms with van der Waals surface area (Å²) in [4.78, 5) is 27.2. The Morgan fingerprint density at radius 2 is 1.95 bits per heavy atom. The molecule has 0 aliphatic rings. The largest absolute Gasteiger partial charge is 0.471 e. The van der Waals surface area contributed by atoms with Crippen molar-refractivity contribution in [2.75, 3.05) is 7.05 Å². The number of carbonyl (C=O) groups excluding carboxylic acids is 1. The predicted molar refractivity (Wildman–Crippen MR) is 66.1 cm³/mol. The Labute approximate surface area is 112 Å². The molecule has 1 aromatic rings. The summed E-state index contributed by atoms with van der Waals surface area (Å²) in [6, 6.07) is 0. The third-order valence-electron chi connectivity index (χ3n) is 1.89. The van der Waals surface area contributed by atoms with Crippen molar-refractivity contribution in [1.82, 2.24) is 14.9 Å². The summed E-state index contributed by atoms with van der Waals surface area (Å²) in [5, 5.41) is 0. The van der Waals surface area contributed by atoms with Gasteiger partial charge < -0.3 is 9.88 Å². The molecule has 0 atom stereocenters. The van der Waals surface area contributed by atoms with Gasteiger partial charge in [0.25, 0.3) is 5.56 Å². The molecule has 1 amide bonds. The van der Waals surface area contributed by atoms with E-state index in [9.17, 15) is 22.8 Å². The molecule has 0 unspecified atom stereocenters. The minimum atomic E-state index is -4.96. The number of carbonyl (C=O) groups is 1. The summed E-state index contributed by atoms with van der Waals surface area (Å²) in [5.74, 6) is -2.01. The molecule has 0 saturated carbocycles. The van der Waals surface area contributed by atoms with E-state index in [1.54, 1.807) is 0 Å². The lowest BCUT2D eigenvalue weighted by atomic mass is 10.3. The minimum Gasteiger partial charge on any atom is -0.338 e. The van der Waals surface area contributed by atoms with E-state index in [0.29, 0.717) is 4.90 Å². The van der Waals surface area contributed by atoms with Crippen molar-refractivity contribution in [1.29, 1.82) is 0 Å². The number of alkyl halides is 3. The summed E-state index contributed by atoms with van der Waals surface area (Å²) in [6.07, 6.45) is -3.79. The third kappa shape index (κ3) is 5.25. The van der Waals surface area contributed by atoms with Crippen LogP contribution in [0, 0.1) is 4.77 Å². The van der Waals surface area contributed by atoms with E-state index >= 15 is 0 Å². The van der Waals surface area contributed by atoms with Crippen molar-refractivity contribution < 1.29 is 18.0 Å². The summed E-state index contributed by atoms with van der Waals surface area (Å²) >= 11 is 4.61. The average Bonchev–Trinajstić information content (AvgIpc) is 2.33. The van der Waals surface area contributed by atoms with E-state index < -0.39 is 24.2 Å². The maximum Gasteiger partial charge on any atom is 0.471 e. The van der Waals surface area contributed by atoms with Crippen molar-refractivity contribution in [3.8, 4) is 0 Å². The van der Waals surface area contributed by atoms with Crippen LogP contribution >= 0.6 is 12.2 Å². The molecule has 0 fully saturated rings. The molecule has 0 aromatic carbocycles. The number of aromatic amines is 2. The number of hydrogen-bond donors (Lipinski definition) is 2. The summed E-state index contributed by atoms with van der Waals surface area (Å²) in [5.41, 5.74) is -0.644. The fourth-order valence-electron chi connectivity index (χ4n) is 1.10. The number of hydrogen-bond acceptors (Lipinski definition) is 3. The molecular weight excluding hydrogens is 283 g/mol. The van der Waals surface area contributed by atoms with E-state index in [1.807, 2.05) is 13.8 Å². The van der Waals surface area contributed by atoms with Crippen LogP contribution in [-0.4, -0.2) is 34.0 Å². The second-order valence-electron chi connectivity index (χ2n) is 3.26. The predicted octanol–water partition coefficient (Wildman–Crippen LogP) is 1.98. The van der Waals surface area contributed by atoms with Gasteiger partial charge in [-0.2, -0.15) is 13.2 Å². The van der Waals surface area contributed by atoms with Crippen LogP contribution in [0.2, 0.25) is 0 Å². The van der Waals surface area contributed by atoms with Gasteiger partial charge in [0.2, 0.25) is 0 Å². The fourth-order valence-corrected chi connectivity index (χ4v) is 1.25. The number of nitrogens with zero attached hydrogens (tertiary/aromatic N) is 1. The molecule has 0 saturated heterocycles. The molecular formula is C10H14F3N3O2S. The molecule has 0 aliphatic heterocycles. The maximum atomic E-state index is 12.1. The summed E-state index contributed by atoms with van der Waals surface area (Å²) < 4.78 is 36.3. The lowest BCUT2D eigenvalue weighted by Gasteiger charge is -2.17. The molecule has 5 nitrogen and oxygen atoms in total. The van der Waals surface area contributed by atoms with Crippen LogP contribution in [-0.2, 0) is 11.3 Å². The Hall–Kier alpha value is -1.64. The van der Waals surface area contributed by atoms with E-state index in [1.165, 1.54) is 6.20 Å². The van der Waals surface area contributed by atoms with Crippen molar-refractivity contribution in [2.24, 2.45) is 0 Å². The molecule has 1 aromatic heterocycles. The SMILES string of the molecule is CC.CN(Cc1c[nH]c(=S)[nH]c1=O)C(=O)C(F)(F)F. The van der Waals surface area contributed by atoms with Gasteiger partial charge in [-0.15, -0.1) is 0 Å². The zero-order chi connectivity index (χ0) is 15.2. The molecule has 1 rings (SSSR count). The normalized spacial score (nSPS) is 10.4. The Kier molecular flexibility index (Phi) is 6.46. The second kappa shape index (κ2) is 7.07. The maximum absolute atomic E-state index is 12.1. The van der Waals surface area contributed by atoms with Gasteiger partial charge in [-0.25, -0.2) is 0 Å². The Balaban J connectivity index is 0.00000154. The van der Waals surface area contributed by atoms with E-state index in [4.69, 9.17) is 0 Å². The zero-order valence-electron chi connectivity index (χ0n) is 10.6. The first-order chi connectivity index (χ1) is 8.71. The van der Waals surface area contributed by atoms with Gasteiger partial charge >= 0.3 is 12.1 Å². The highest BCUT2D eigenvalue weighted by molar-refractivity contribution is 7.71. The lowest BCUT2D eigenvalue weighted by molar-refractivity contribution is -0.184. The van der Waals surface area contributed by atoms with Crippen molar-refractivity contribution >= 4 is 18.1 Å². The highest BCUT2D eigenvalue weighted by atomic mass is 32.1. The summed E-state index contributed by atoms with van der Waals surface area (Å²) in [7, 11) is 0.955. The number of aromatic nitrogens is 2. The molecule has 1 heterocycles. The topological polar surface area (TPSA) is 69.0 Å². The number of amides is 1. The molecule has 0 aliphatic carbocycles. The van der Waals surface area contributed by atoms with Gasteiger partial charge in [0.15, 0.2) is 4.77 Å². The minimum absolute atomic E-state index is 0.0151. The number of rotatable bonds is 2. The first kappa shape index (κ1) is 17.4. The van der Waals surface area contributed by atoms with Gasteiger partial charge in [0.05, 0.1) is 12.1 Å². The van der Waals surface area contributed by atoms with Gasteiger partial charge in [0.1, 0.15) is 0 Å². The molecule has 0 spiro atoms. The van der Waals surface area contributed by atoms with E-state index in [0.717, 1.165) is 7.05 Å². The van der Waals surface area contributed by atoms with E-state index in [2.05, 4.69) is 22.2 Å². The van der Waals surface area contributed by atoms with Gasteiger partial charge in [0, 0.05) is 13.2 Å². The van der Waals surface area contributed by atoms with Crippen molar-refractivity contribution in [3.63, 3.8) is 0 Å². The van der Waals surface area contributed by atoms with Crippen LogP contribution in [0.3, 0.4) is 0 Å². The highest BCUT2D eigenvalue weighted by Crippen LogP contribution is 2.18. The van der Waals surface area contributed by atoms with Crippen LogP contribution in [0.5, 0.6) is 0 Å². The number of halogens is 3. The quantitative estimate of drug-likeness (QED) is 0.820. The molecule has 108 valence electrons. The first-order valence-corrected chi connectivity index (χ1v) is 5.76. The zero-order valence-corrected chi connectivity index (χ0v) is 11.4. The standard InChI is InChI=1S/C8H8F3N3O2S.C2H6/c1-14(6(16)8(9,10)11)3-4-2-12-7(17)13-5(4)15;1-2/h2H,3H2,1H3,(H2,12,13,15,17);1-2H3. The smallest absolute Gasteiger partial charge is 0.338 e. The second-order valence-corrected chi connectivity index (χ2v) is 3.66. The van der Waals surface area contributed by atoms with Crippen molar-refractivity contribution in [3.05, 3.63) is 26.9 Å². The third-order valence-corrected chi connectivity index (χ3v) is 2.11. The monoisotopic (exact) mass is 297 g/mol. The fraction of sp³-hybridized carbons (Fsp3) is 0.500. The number of nitrogens with one attached hydrogen (secondary N) is 2. The molecule has 2 N–H and O–H groups in total. The molecule has 0 bridgehead atoms. The average molecular weight is 297 g/mol. The van der Waals surface area contributed by atoms with Crippen LogP contribution in [0.4, 0.5) is 13.2 Å². The van der Waals surface area contributed by atoms with Gasteiger partial charge in [-0.1, -0.05) is 13.8 Å². The summed E-state index contributed by atoms with van der Waals surface area (Å²) in [6.45, 7) is 3.54.